The molecule has 2 rings (SSSR count). The summed E-state index contributed by atoms with van der Waals surface area (Å²) in [7, 11) is 0. The van der Waals surface area contributed by atoms with Crippen molar-refractivity contribution in [2.45, 2.75) is 32.9 Å². The van der Waals surface area contributed by atoms with Crippen LogP contribution < -0.4 is 15.8 Å². The SMILES string of the molecule is CC(C)(C)Oc1nc(NCc2ccoc2)ccc1N. The van der Waals surface area contributed by atoms with Crippen LogP contribution in [-0.2, 0) is 6.54 Å². The third-order valence-electron chi connectivity index (χ3n) is 2.35. The van der Waals surface area contributed by atoms with Crippen LogP contribution in [0.25, 0.3) is 0 Å². The van der Waals surface area contributed by atoms with Crippen molar-refractivity contribution in [3.8, 4) is 5.88 Å². The van der Waals surface area contributed by atoms with Crippen molar-refractivity contribution in [2.75, 3.05) is 11.1 Å². The number of pyridine rings is 1. The van der Waals surface area contributed by atoms with Gasteiger partial charge in [-0.05, 0) is 39.0 Å². The van der Waals surface area contributed by atoms with E-state index in [0.29, 0.717) is 18.1 Å². The number of anilines is 2. The van der Waals surface area contributed by atoms with Crippen LogP contribution in [0.1, 0.15) is 26.3 Å². The summed E-state index contributed by atoms with van der Waals surface area (Å²) in [4.78, 5) is 4.37. The maximum absolute atomic E-state index is 5.86. The molecular weight excluding hydrogens is 242 g/mol. The highest BCUT2D eigenvalue weighted by Crippen LogP contribution is 2.25. The predicted octanol–water partition coefficient (Wildman–Crippen LogP) is 3.05. The number of nitrogens with one attached hydrogen (secondary N) is 1. The van der Waals surface area contributed by atoms with Gasteiger partial charge in [0, 0.05) is 12.1 Å². The molecule has 0 fully saturated rings. The molecule has 0 bridgehead atoms. The fourth-order valence-corrected chi connectivity index (χ4v) is 1.51. The smallest absolute Gasteiger partial charge is 0.239 e. The van der Waals surface area contributed by atoms with Crippen LogP contribution in [0.2, 0.25) is 0 Å². The summed E-state index contributed by atoms with van der Waals surface area (Å²) in [5.74, 6) is 1.17. The van der Waals surface area contributed by atoms with Gasteiger partial charge in [0.1, 0.15) is 11.4 Å². The van der Waals surface area contributed by atoms with Crippen LogP contribution in [0.3, 0.4) is 0 Å². The summed E-state index contributed by atoms with van der Waals surface area (Å²) in [5.41, 5.74) is 7.11. The molecule has 2 heterocycles. The summed E-state index contributed by atoms with van der Waals surface area (Å²) in [5, 5.41) is 3.19. The van der Waals surface area contributed by atoms with Gasteiger partial charge in [-0.25, -0.2) is 0 Å². The molecular formula is C14H19N3O2. The second-order valence-corrected chi connectivity index (χ2v) is 5.29. The summed E-state index contributed by atoms with van der Waals surface area (Å²) in [6.45, 7) is 6.52. The van der Waals surface area contributed by atoms with Gasteiger partial charge in [-0.1, -0.05) is 0 Å². The molecule has 5 heteroatoms. The molecule has 0 saturated carbocycles. The maximum atomic E-state index is 5.86. The van der Waals surface area contributed by atoms with Crippen LogP contribution >= 0.6 is 0 Å². The zero-order valence-electron chi connectivity index (χ0n) is 11.4. The Hall–Kier alpha value is -2.17. The Kier molecular flexibility index (Phi) is 3.64. The molecule has 0 radical (unpaired) electrons. The van der Waals surface area contributed by atoms with Gasteiger partial charge in [0.05, 0.1) is 18.2 Å². The van der Waals surface area contributed by atoms with Gasteiger partial charge in [0.2, 0.25) is 5.88 Å². The number of hydrogen-bond donors (Lipinski definition) is 2. The number of furan rings is 1. The fourth-order valence-electron chi connectivity index (χ4n) is 1.51. The Balaban J connectivity index is 2.07. The lowest BCUT2D eigenvalue weighted by atomic mass is 10.2. The Labute approximate surface area is 112 Å². The third-order valence-corrected chi connectivity index (χ3v) is 2.35. The van der Waals surface area contributed by atoms with Crippen molar-refractivity contribution in [3.05, 3.63) is 36.3 Å². The van der Waals surface area contributed by atoms with E-state index in [1.807, 2.05) is 32.9 Å². The third kappa shape index (κ3) is 3.91. The lowest BCUT2D eigenvalue weighted by molar-refractivity contribution is 0.125. The van der Waals surface area contributed by atoms with E-state index < -0.39 is 0 Å². The number of rotatable bonds is 4. The average Bonchev–Trinajstić information content (AvgIpc) is 2.81. The first kappa shape index (κ1) is 13.3. The molecule has 3 N–H and O–H groups in total. The Morgan fingerprint density at radius 3 is 2.74 bits per heavy atom. The fraction of sp³-hybridized carbons (Fsp3) is 0.357. The first-order valence-corrected chi connectivity index (χ1v) is 6.14. The van der Waals surface area contributed by atoms with Gasteiger partial charge in [0.15, 0.2) is 0 Å². The van der Waals surface area contributed by atoms with Crippen LogP contribution in [0.4, 0.5) is 11.5 Å². The highest BCUT2D eigenvalue weighted by atomic mass is 16.5. The van der Waals surface area contributed by atoms with Crippen LogP contribution in [-0.4, -0.2) is 10.6 Å². The molecule has 0 aromatic carbocycles. The summed E-state index contributed by atoms with van der Waals surface area (Å²) in [6.07, 6.45) is 3.33. The molecule has 2 aromatic heterocycles. The minimum atomic E-state index is -0.329. The Bertz CT molecular complexity index is 530. The van der Waals surface area contributed by atoms with E-state index in [9.17, 15) is 0 Å². The Morgan fingerprint density at radius 1 is 1.32 bits per heavy atom. The van der Waals surface area contributed by atoms with E-state index in [0.717, 1.165) is 11.4 Å². The monoisotopic (exact) mass is 261 g/mol. The highest BCUT2D eigenvalue weighted by molar-refractivity contribution is 5.53. The van der Waals surface area contributed by atoms with Gasteiger partial charge in [-0.2, -0.15) is 4.98 Å². The van der Waals surface area contributed by atoms with Crippen molar-refractivity contribution >= 4 is 11.5 Å². The number of hydrogen-bond acceptors (Lipinski definition) is 5. The zero-order chi connectivity index (χ0) is 13.9. The topological polar surface area (TPSA) is 73.3 Å². The standard InChI is InChI=1S/C14H19N3O2/c1-14(2,3)19-13-11(15)4-5-12(17-13)16-8-10-6-7-18-9-10/h4-7,9H,8,15H2,1-3H3,(H,16,17). The predicted molar refractivity (Wildman–Crippen MR) is 75.1 cm³/mol. The van der Waals surface area contributed by atoms with Gasteiger partial charge in [-0.3, -0.25) is 0 Å². The van der Waals surface area contributed by atoms with Gasteiger partial charge in [-0.15, -0.1) is 0 Å². The molecule has 0 aliphatic heterocycles. The molecule has 0 aliphatic carbocycles. The quantitative estimate of drug-likeness (QED) is 0.885. The van der Waals surface area contributed by atoms with E-state index >= 15 is 0 Å². The Morgan fingerprint density at radius 2 is 2.11 bits per heavy atom. The molecule has 0 unspecified atom stereocenters. The number of ether oxygens (including phenoxy) is 1. The lowest BCUT2D eigenvalue weighted by Gasteiger charge is -2.21. The first-order chi connectivity index (χ1) is 8.94. The van der Waals surface area contributed by atoms with Crippen LogP contribution in [0, 0.1) is 0 Å². The van der Waals surface area contributed by atoms with Crippen molar-refractivity contribution in [1.29, 1.82) is 0 Å². The highest BCUT2D eigenvalue weighted by Gasteiger charge is 2.15. The van der Waals surface area contributed by atoms with Gasteiger partial charge < -0.3 is 20.2 Å². The second kappa shape index (κ2) is 5.22. The van der Waals surface area contributed by atoms with Crippen molar-refractivity contribution in [1.82, 2.24) is 4.98 Å². The second-order valence-electron chi connectivity index (χ2n) is 5.29. The molecule has 0 aliphatic rings. The summed E-state index contributed by atoms with van der Waals surface area (Å²) in [6, 6.07) is 5.51. The average molecular weight is 261 g/mol. The minimum absolute atomic E-state index is 0.329. The van der Waals surface area contributed by atoms with E-state index in [2.05, 4.69) is 10.3 Å². The number of nitrogens with two attached hydrogens (primary N) is 1. The molecule has 0 saturated heterocycles. The van der Waals surface area contributed by atoms with Crippen molar-refractivity contribution in [3.63, 3.8) is 0 Å². The maximum Gasteiger partial charge on any atom is 0.239 e. The van der Waals surface area contributed by atoms with Gasteiger partial charge in [0.25, 0.3) is 0 Å². The van der Waals surface area contributed by atoms with E-state index in [1.165, 1.54) is 0 Å². The first-order valence-electron chi connectivity index (χ1n) is 6.14. The minimum Gasteiger partial charge on any atom is -0.472 e. The van der Waals surface area contributed by atoms with Crippen LogP contribution in [0.15, 0.2) is 35.1 Å². The lowest BCUT2D eigenvalue weighted by Crippen LogP contribution is -2.24. The molecule has 102 valence electrons. The van der Waals surface area contributed by atoms with E-state index in [-0.39, 0.29) is 5.60 Å². The molecule has 19 heavy (non-hydrogen) atoms. The van der Waals surface area contributed by atoms with Crippen molar-refractivity contribution in [2.24, 2.45) is 0 Å². The summed E-state index contributed by atoms with van der Waals surface area (Å²) < 4.78 is 10.7. The van der Waals surface area contributed by atoms with E-state index in [4.69, 9.17) is 14.9 Å². The largest absolute Gasteiger partial charge is 0.472 e. The summed E-state index contributed by atoms with van der Waals surface area (Å²) >= 11 is 0. The van der Waals surface area contributed by atoms with E-state index in [1.54, 1.807) is 18.6 Å². The molecule has 2 aromatic rings. The van der Waals surface area contributed by atoms with Gasteiger partial charge >= 0.3 is 0 Å². The molecule has 5 nitrogen and oxygen atoms in total. The number of aromatic nitrogens is 1. The molecule has 0 spiro atoms. The molecule has 0 amide bonds. The van der Waals surface area contributed by atoms with Crippen molar-refractivity contribution < 1.29 is 9.15 Å². The number of nitrogen functional groups attached to an aromatic ring is 1. The van der Waals surface area contributed by atoms with Crippen LogP contribution in [0.5, 0.6) is 5.88 Å². The number of nitrogens with zero attached hydrogens (tertiary/aromatic N) is 1. The molecule has 0 atom stereocenters. The normalized spacial score (nSPS) is 11.3. The zero-order valence-corrected chi connectivity index (χ0v) is 11.4.